The number of unbranched alkanes of at least 4 members (excludes halogenated alkanes) is 5. The molecule has 0 radical (unpaired) electrons. The van der Waals surface area contributed by atoms with Crippen molar-refractivity contribution in [3.05, 3.63) is 315 Å². The van der Waals surface area contributed by atoms with Crippen LogP contribution in [-0.4, -0.2) is 6.61 Å². The smallest absolute Gasteiger partial charge is 0.119 e. The van der Waals surface area contributed by atoms with Crippen molar-refractivity contribution < 1.29 is 4.74 Å². The van der Waals surface area contributed by atoms with Gasteiger partial charge in [-0.3, -0.25) is 0 Å². The Bertz CT molecular complexity index is 4920. The SMILES string of the molecule is CCCCOc1ccc(N2c3ccc(C)cc3Sc3cc(C)ccc32)cc1.CCCCc1ccc(N2c3ccc(C)cc3C(CCCC)(CCCC)c3cc(C)ccc32)cc1.CCCCc1ccc(N2c3ccc(C)cc3Sc3cc(C)ccc32)cc1.Cc1ccc(N2c3ccc(C)cc3Sc3cc(C)ccc32)cc1. The zero-order valence-corrected chi connectivity index (χ0v) is 70.1. The van der Waals surface area contributed by atoms with Crippen molar-refractivity contribution >= 4 is 104 Å². The second-order valence-corrected chi connectivity index (χ2v) is 34.1. The molecule has 0 spiro atoms. The van der Waals surface area contributed by atoms with Crippen molar-refractivity contribution in [3.8, 4) is 5.75 Å². The summed E-state index contributed by atoms with van der Waals surface area (Å²) >= 11 is 5.61. The van der Waals surface area contributed by atoms with Gasteiger partial charge in [-0.05, 0) is 308 Å². The molecule has 0 N–H and O–H groups in total. The lowest BCUT2D eigenvalue weighted by Gasteiger charge is -2.46. The summed E-state index contributed by atoms with van der Waals surface area (Å²) < 4.78 is 5.84. The van der Waals surface area contributed by atoms with Crippen molar-refractivity contribution in [2.24, 2.45) is 0 Å². The molecule has 0 aliphatic carbocycles. The molecule has 0 aromatic heterocycles. The van der Waals surface area contributed by atoms with Crippen molar-refractivity contribution in [2.75, 3.05) is 26.2 Å². The summed E-state index contributed by atoms with van der Waals surface area (Å²) in [6, 6.07) is 90.4. The Hall–Kier alpha value is -9.31. The van der Waals surface area contributed by atoms with Crippen LogP contribution in [0, 0.1) is 62.3 Å². The predicted octanol–water partition coefficient (Wildman–Crippen LogP) is 31.6. The van der Waals surface area contributed by atoms with Crippen molar-refractivity contribution in [1.29, 1.82) is 0 Å². The third kappa shape index (κ3) is 17.9. The van der Waals surface area contributed by atoms with E-state index in [9.17, 15) is 0 Å². The van der Waals surface area contributed by atoms with E-state index < -0.39 is 0 Å². The number of benzene rings is 12. The summed E-state index contributed by atoms with van der Waals surface area (Å²) in [5.74, 6) is 0.937. The highest BCUT2D eigenvalue weighted by Crippen LogP contribution is 2.58. The maximum atomic E-state index is 5.84. The van der Waals surface area contributed by atoms with Gasteiger partial charge in [0.15, 0.2) is 0 Å². The molecule has 0 amide bonds. The quantitative estimate of drug-likeness (QED) is 0.0696. The zero-order valence-electron chi connectivity index (χ0n) is 67.6. The van der Waals surface area contributed by atoms with E-state index in [1.54, 1.807) is 0 Å². The van der Waals surface area contributed by atoms with Gasteiger partial charge in [0.2, 0.25) is 0 Å². The molecule has 0 fully saturated rings. The number of nitrogens with zero attached hydrogens (tertiary/aromatic N) is 4. The molecule has 5 nitrogen and oxygen atoms in total. The van der Waals surface area contributed by atoms with Crippen LogP contribution in [-0.2, 0) is 18.3 Å². The topological polar surface area (TPSA) is 22.2 Å². The van der Waals surface area contributed by atoms with Crippen LogP contribution >= 0.6 is 35.3 Å². The van der Waals surface area contributed by atoms with Gasteiger partial charge in [-0.25, -0.2) is 0 Å². The number of hydrogen-bond donors (Lipinski definition) is 0. The molecule has 110 heavy (non-hydrogen) atoms. The summed E-state index contributed by atoms with van der Waals surface area (Å²) in [4.78, 5) is 17.6. The van der Waals surface area contributed by atoms with Crippen molar-refractivity contribution in [2.45, 2.75) is 222 Å². The molecule has 0 saturated carbocycles. The Morgan fingerprint density at radius 2 is 0.500 bits per heavy atom. The zero-order chi connectivity index (χ0) is 77.0. The van der Waals surface area contributed by atoms with Crippen LogP contribution in [0.4, 0.5) is 68.2 Å². The largest absolute Gasteiger partial charge is 0.494 e. The summed E-state index contributed by atoms with van der Waals surface area (Å²) in [7, 11) is 0. The van der Waals surface area contributed by atoms with Crippen molar-refractivity contribution in [3.63, 3.8) is 0 Å². The van der Waals surface area contributed by atoms with E-state index in [4.69, 9.17) is 4.74 Å². The normalized spacial score (nSPS) is 13.1. The van der Waals surface area contributed by atoms with Gasteiger partial charge in [0, 0.05) is 57.5 Å². The van der Waals surface area contributed by atoms with Gasteiger partial charge in [-0.15, -0.1) is 0 Å². The highest BCUT2D eigenvalue weighted by molar-refractivity contribution is 8.00. The fraction of sp³-hybridized carbons (Fsp3) is 0.294. The highest BCUT2D eigenvalue weighted by atomic mass is 32.2. The molecular weight excluding hydrogens is 1390 g/mol. The van der Waals surface area contributed by atoms with Gasteiger partial charge < -0.3 is 24.3 Å². The molecule has 564 valence electrons. The molecule has 0 saturated heterocycles. The van der Waals surface area contributed by atoms with E-state index in [1.807, 2.05) is 35.3 Å². The average molecular weight is 1510 g/mol. The standard InChI is InChI=1S/C33H43N.C24H25NOS.C24H25NS.C21H19NS/c1-6-9-12-27-15-17-28(18-16-27)34-31-19-13-25(4)23-29(31)33(21-10-7-2,22-11-8-3)30-24-26(5)14-20-32(30)34;1-4-5-14-26-20-10-8-19(9-11-20)25-21-12-6-17(2)15-23(21)27-24-16-18(3)7-13-22(24)25;1-4-5-6-19-9-11-20(12-10-19)25-21-13-7-17(2)15-23(21)26-24-16-18(3)8-14-22(24)25;1-14-4-8-17(9-5-14)22-18-10-6-15(2)12-20(18)23-21-13-16(3)7-11-19(21)22/h13-20,23-24H,6-12,21-22H2,1-5H3;6-13,15-16H,4-5,14H2,1-3H3;7-16H,4-6H2,1-3H3;4-13H,1-3H3. The molecule has 0 atom stereocenters. The van der Waals surface area contributed by atoms with Gasteiger partial charge in [-0.2, -0.15) is 0 Å². The van der Waals surface area contributed by atoms with Gasteiger partial charge in [0.05, 0.1) is 52.1 Å². The molecule has 4 aliphatic heterocycles. The van der Waals surface area contributed by atoms with E-state index >= 15 is 0 Å². The number of fused-ring (bicyclic) bond motifs is 8. The Balaban J connectivity index is 0.000000130. The van der Waals surface area contributed by atoms with Crippen LogP contribution in [0.3, 0.4) is 0 Å². The number of ether oxygens (including phenoxy) is 1. The van der Waals surface area contributed by atoms with Gasteiger partial charge >= 0.3 is 0 Å². The van der Waals surface area contributed by atoms with Crippen molar-refractivity contribution in [1.82, 2.24) is 0 Å². The van der Waals surface area contributed by atoms with Gasteiger partial charge in [0.25, 0.3) is 0 Å². The number of hydrogen-bond acceptors (Lipinski definition) is 8. The summed E-state index contributed by atoms with van der Waals surface area (Å²) in [5, 5.41) is 0. The third-order valence-corrected chi connectivity index (χ3v) is 25.0. The molecule has 8 heteroatoms. The highest BCUT2D eigenvalue weighted by Gasteiger charge is 2.43. The maximum absolute atomic E-state index is 5.84. The van der Waals surface area contributed by atoms with Crippen LogP contribution in [0.15, 0.2) is 272 Å². The van der Waals surface area contributed by atoms with Gasteiger partial charge in [0.1, 0.15) is 5.75 Å². The summed E-state index contributed by atoms with van der Waals surface area (Å²) in [5.41, 5.74) is 33.0. The lowest BCUT2D eigenvalue weighted by atomic mass is 9.64. The lowest BCUT2D eigenvalue weighted by molar-refractivity contribution is 0.309. The fourth-order valence-corrected chi connectivity index (χ4v) is 19.4. The Kier molecular flexibility index (Phi) is 26.0. The molecule has 0 bridgehead atoms. The van der Waals surface area contributed by atoms with Gasteiger partial charge in [-0.1, -0.05) is 229 Å². The van der Waals surface area contributed by atoms with Crippen LogP contribution in [0.25, 0.3) is 0 Å². The molecular formula is C102H112N4OS3. The molecule has 4 aliphatic rings. The monoisotopic (exact) mass is 1500 g/mol. The molecule has 12 aromatic rings. The number of aryl methyl sites for hydroxylation is 11. The number of anilines is 12. The molecule has 0 unspecified atom stereocenters. The first-order valence-electron chi connectivity index (χ1n) is 40.5. The van der Waals surface area contributed by atoms with Crippen LogP contribution in [0.1, 0.15) is 184 Å². The Labute approximate surface area is 672 Å². The Morgan fingerprint density at radius 3 is 0.791 bits per heavy atom. The maximum Gasteiger partial charge on any atom is 0.119 e. The first-order valence-corrected chi connectivity index (χ1v) is 43.0. The number of rotatable bonds is 20. The summed E-state index contributed by atoms with van der Waals surface area (Å²) in [6.07, 6.45) is 17.0. The Morgan fingerprint density at radius 1 is 0.255 bits per heavy atom. The molecule has 16 rings (SSSR count). The third-order valence-electron chi connectivity index (χ3n) is 21.7. The van der Waals surface area contributed by atoms with Crippen LogP contribution in [0.5, 0.6) is 5.75 Å². The molecule has 12 aromatic carbocycles. The predicted molar refractivity (Wildman–Crippen MR) is 477 cm³/mol. The first kappa shape index (κ1) is 78.8. The average Bonchev–Trinajstić information content (AvgIpc) is 0.448. The fourth-order valence-electron chi connectivity index (χ4n) is 15.6. The minimum Gasteiger partial charge on any atom is -0.494 e. The lowest BCUT2D eigenvalue weighted by Crippen LogP contribution is -2.36. The van der Waals surface area contributed by atoms with E-state index in [1.165, 1.54) is 235 Å². The molecule has 4 heterocycles. The summed E-state index contributed by atoms with van der Waals surface area (Å²) in [6.45, 7) is 31.7. The van der Waals surface area contributed by atoms with E-state index in [2.05, 4.69) is 359 Å². The second kappa shape index (κ2) is 36.2. The first-order chi connectivity index (χ1) is 53.5. The van der Waals surface area contributed by atoms with Crippen LogP contribution < -0.4 is 24.3 Å². The minimum absolute atomic E-state index is 0.0896. The van der Waals surface area contributed by atoms with E-state index in [0.29, 0.717) is 0 Å². The van der Waals surface area contributed by atoms with E-state index in [-0.39, 0.29) is 5.41 Å². The van der Waals surface area contributed by atoms with E-state index in [0.717, 1.165) is 37.3 Å². The minimum atomic E-state index is 0.0896. The second-order valence-electron chi connectivity index (χ2n) is 30.9. The van der Waals surface area contributed by atoms with Crippen LogP contribution in [0.2, 0.25) is 0 Å².